The highest BCUT2D eigenvalue weighted by atomic mass is 32.1. The maximum atomic E-state index is 12.6. The molecule has 0 aromatic carbocycles. The molecule has 1 amide bonds. The molecule has 0 saturated carbocycles. The molecule has 1 aliphatic rings. The molecule has 4 nitrogen and oxygen atoms in total. The monoisotopic (exact) mass is 275 g/mol. The van der Waals surface area contributed by atoms with Crippen LogP contribution in [0.15, 0.2) is 23.7 Å². The minimum absolute atomic E-state index is 0.0420. The fraction of sp³-hybridized carbons (Fsp3) is 0.357. The van der Waals surface area contributed by atoms with Crippen molar-refractivity contribution in [2.24, 2.45) is 0 Å². The van der Waals surface area contributed by atoms with Gasteiger partial charge in [0.25, 0.3) is 5.91 Å². The molecule has 1 atom stereocenters. The van der Waals surface area contributed by atoms with Gasteiger partial charge in [-0.25, -0.2) is 0 Å². The van der Waals surface area contributed by atoms with Crippen LogP contribution in [0.3, 0.4) is 0 Å². The summed E-state index contributed by atoms with van der Waals surface area (Å²) in [6, 6.07) is 4.04. The highest BCUT2D eigenvalue weighted by Crippen LogP contribution is 2.35. The Hall–Kier alpha value is -1.75. The summed E-state index contributed by atoms with van der Waals surface area (Å²) in [5.41, 5.74) is 8.16. The SMILES string of the molecule is CCC1c2ccsc2CCN1C(=O)c1cc(N)c[nH]1. The third-order valence-corrected chi connectivity index (χ3v) is 4.67. The number of aromatic amines is 1. The van der Waals surface area contributed by atoms with Crippen molar-refractivity contribution < 1.29 is 4.79 Å². The van der Waals surface area contributed by atoms with Gasteiger partial charge < -0.3 is 15.6 Å². The zero-order chi connectivity index (χ0) is 13.4. The van der Waals surface area contributed by atoms with E-state index in [2.05, 4.69) is 23.4 Å². The first-order valence-corrected chi connectivity index (χ1v) is 7.39. The Kier molecular flexibility index (Phi) is 3.06. The highest BCUT2D eigenvalue weighted by Gasteiger charge is 2.31. The number of nitrogens with two attached hydrogens (primary N) is 1. The number of nitrogens with zero attached hydrogens (tertiary/aromatic N) is 1. The molecule has 0 saturated heterocycles. The first-order valence-electron chi connectivity index (χ1n) is 6.51. The Labute approximate surface area is 116 Å². The summed E-state index contributed by atoms with van der Waals surface area (Å²) in [5, 5.41) is 2.12. The lowest BCUT2D eigenvalue weighted by molar-refractivity contribution is 0.0652. The van der Waals surface area contributed by atoms with Crippen LogP contribution in [0.25, 0.3) is 0 Å². The van der Waals surface area contributed by atoms with Gasteiger partial charge in [-0.05, 0) is 35.9 Å². The lowest BCUT2D eigenvalue weighted by Gasteiger charge is -2.35. The summed E-state index contributed by atoms with van der Waals surface area (Å²) >= 11 is 1.79. The molecule has 3 heterocycles. The van der Waals surface area contributed by atoms with Crippen molar-refractivity contribution in [3.05, 3.63) is 39.8 Å². The van der Waals surface area contributed by atoms with Gasteiger partial charge in [0.15, 0.2) is 0 Å². The fourth-order valence-corrected chi connectivity index (χ4v) is 3.70. The van der Waals surface area contributed by atoms with Crippen LogP contribution in [0.2, 0.25) is 0 Å². The van der Waals surface area contributed by atoms with Crippen LogP contribution in [-0.4, -0.2) is 22.3 Å². The average molecular weight is 275 g/mol. The van der Waals surface area contributed by atoms with Crippen LogP contribution < -0.4 is 5.73 Å². The van der Waals surface area contributed by atoms with E-state index in [0.29, 0.717) is 11.4 Å². The number of hydrogen-bond donors (Lipinski definition) is 2. The molecule has 5 heteroatoms. The van der Waals surface area contributed by atoms with Crippen LogP contribution in [0, 0.1) is 0 Å². The third kappa shape index (κ3) is 2.04. The number of nitrogens with one attached hydrogen (secondary N) is 1. The van der Waals surface area contributed by atoms with Gasteiger partial charge in [-0.1, -0.05) is 6.92 Å². The first kappa shape index (κ1) is 12.3. The van der Waals surface area contributed by atoms with Crippen molar-refractivity contribution in [1.82, 2.24) is 9.88 Å². The molecule has 0 radical (unpaired) electrons. The number of nitrogen functional groups attached to an aromatic ring is 1. The van der Waals surface area contributed by atoms with E-state index in [-0.39, 0.29) is 11.9 Å². The number of rotatable bonds is 2. The van der Waals surface area contributed by atoms with E-state index in [0.717, 1.165) is 19.4 Å². The van der Waals surface area contributed by atoms with E-state index in [1.807, 2.05) is 4.90 Å². The van der Waals surface area contributed by atoms with Gasteiger partial charge in [0.2, 0.25) is 0 Å². The van der Waals surface area contributed by atoms with Crippen molar-refractivity contribution in [3.8, 4) is 0 Å². The number of carbonyl (C=O) groups is 1. The molecular weight excluding hydrogens is 258 g/mol. The summed E-state index contributed by atoms with van der Waals surface area (Å²) in [5.74, 6) is 0.0420. The van der Waals surface area contributed by atoms with E-state index < -0.39 is 0 Å². The lowest BCUT2D eigenvalue weighted by Crippen LogP contribution is -2.39. The first-order chi connectivity index (χ1) is 9.20. The summed E-state index contributed by atoms with van der Waals surface area (Å²) in [4.78, 5) is 18.9. The molecule has 0 aliphatic carbocycles. The second kappa shape index (κ2) is 4.74. The predicted octanol–water partition coefficient (Wildman–Crippen LogP) is 2.81. The number of hydrogen-bond acceptors (Lipinski definition) is 3. The molecule has 3 N–H and O–H groups in total. The van der Waals surface area contributed by atoms with Gasteiger partial charge in [-0.3, -0.25) is 4.79 Å². The van der Waals surface area contributed by atoms with Gasteiger partial charge >= 0.3 is 0 Å². The van der Waals surface area contributed by atoms with Gasteiger partial charge in [0, 0.05) is 23.3 Å². The number of anilines is 1. The van der Waals surface area contributed by atoms with Crippen molar-refractivity contribution in [2.45, 2.75) is 25.8 Å². The predicted molar refractivity (Wildman–Crippen MR) is 77.3 cm³/mol. The Morgan fingerprint density at radius 3 is 3.16 bits per heavy atom. The van der Waals surface area contributed by atoms with Crippen LogP contribution in [0.5, 0.6) is 0 Å². The highest BCUT2D eigenvalue weighted by molar-refractivity contribution is 7.10. The topological polar surface area (TPSA) is 62.1 Å². The summed E-state index contributed by atoms with van der Waals surface area (Å²) in [6.07, 6.45) is 3.55. The number of thiophene rings is 1. The smallest absolute Gasteiger partial charge is 0.270 e. The second-order valence-electron chi connectivity index (χ2n) is 4.82. The van der Waals surface area contributed by atoms with Crippen molar-refractivity contribution in [3.63, 3.8) is 0 Å². The van der Waals surface area contributed by atoms with Crippen LogP contribution in [-0.2, 0) is 6.42 Å². The van der Waals surface area contributed by atoms with E-state index >= 15 is 0 Å². The molecule has 2 aromatic rings. The standard InChI is InChI=1S/C14H17N3OS/c1-2-12-10-4-6-19-13(10)3-5-17(12)14(18)11-7-9(15)8-16-11/h4,6-8,12,16H,2-3,5,15H2,1H3. The Morgan fingerprint density at radius 2 is 2.47 bits per heavy atom. The zero-order valence-corrected chi connectivity index (χ0v) is 11.7. The van der Waals surface area contributed by atoms with E-state index in [1.165, 1.54) is 10.4 Å². The molecule has 1 unspecified atom stereocenters. The maximum absolute atomic E-state index is 12.6. The lowest BCUT2D eigenvalue weighted by atomic mass is 9.97. The number of amides is 1. The molecule has 2 aromatic heterocycles. The largest absolute Gasteiger partial charge is 0.397 e. The minimum Gasteiger partial charge on any atom is -0.397 e. The summed E-state index contributed by atoms with van der Waals surface area (Å²) < 4.78 is 0. The molecule has 0 fully saturated rings. The van der Waals surface area contributed by atoms with E-state index in [1.54, 1.807) is 23.6 Å². The molecule has 3 rings (SSSR count). The molecular formula is C14H17N3OS. The van der Waals surface area contributed by atoms with Gasteiger partial charge in [-0.2, -0.15) is 0 Å². The second-order valence-corrected chi connectivity index (χ2v) is 5.82. The van der Waals surface area contributed by atoms with Crippen molar-refractivity contribution >= 4 is 22.9 Å². The van der Waals surface area contributed by atoms with Crippen LogP contribution >= 0.6 is 11.3 Å². The van der Waals surface area contributed by atoms with Gasteiger partial charge in [-0.15, -0.1) is 11.3 Å². The average Bonchev–Trinajstić information content (AvgIpc) is 3.04. The summed E-state index contributed by atoms with van der Waals surface area (Å²) in [6.45, 7) is 2.91. The molecule has 1 aliphatic heterocycles. The minimum atomic E-state index is 0.0420. The van der Waals surface area contributed by atoms with Crippen LogP contribution in [0.4, 0.5) is 5.69 Å². The molecule has 0 spiro atoms. The molecule has 100 valence electrons. The van der Waals surface area contributed by atoms with Gasteiger partial charge in [0.1, 0.15) is 5.69 Å². The Morgan fingerprint density at radius 1 is 1.63 bits per heavy atom. The maximum Gasteiger partial charge on any atom is 0.270 e. The van der Waals surface area contributed by atoms with Crippen LogP contribution in [0.1, 0.15) is 40.3 Å². The van der Waals surface area contributed by atoms with E-state index in [9.17, 15) is 4.79 Å². The number of fused-ring (bicyclic) bond motifs is 1. The molecule has 0 bridgehead atoms. The number of H-pyrrole nitrogens is 1. The Balaban J connectivity index is 1.91. The van der Waals surface area contributed by atoms with Gasteiger partial charge in [0.05, 0.1) is 6.04 Å². The van der Waals surface area contributed by atoms with Crippen molar-refractivity contribution in [2.75, 3.05) is 12.3 Å². The van der Waals surface area contributed by atoms with E-state index in [4.69, 9.17) is 5.73 Å². The summed E-state index contributed by atoms with van der Waals surface area (Å²) in [7, 11) is 0. The number of aromatic nitrogens is 1. The molecule has 19 heavy (non-hydrogen) atoms. The normalized spacial score (nSPS) is 18.4. The third-order valence-electron chi connectivity index (χ3n) is 3.68. The number of carbonyl (C=O) groups excluding carboxylic acids is 1. The zero-order valence-electron chi connectivity index (χ0n) is 10.8. The van der Waals surface area contributed by atoms with Crippen molar-refractivity contribution in [1.29, 1.82) is 0 Å². The Bertz CT molecular complexity index is 601. The quantitative estimate of drug-likeness (QED) is 0.885. The fourth-order valence-electron chi connectivity index (χ4n) is 2.77.